The molecular formula is C5H8N2O4. The molecule has 1 aliphatic heterocycles. The van der Waals surface area contributed by atoms with E-state index in [0.717, 1.165) is 0 Å². The lowest BCUT2D eigenvalue weighted by molar-refractivity contribution is -0.126. The summed E-state index contributed by atoms with van der Waals surface area (Å²) < 4.78 is 0. The van der Waals surface area contributed by atoms with Crippen molar-refractivity contribution in [3.63, 3.8) is 0 Å². The molecule has 0 saturated carbocycles. The number of carbonyl (C=O) groups excluding carboxylic acids is 2. The minimum absolute atomic E-state index is 0.610. The summed E-state index contributed by atoms with van der Waals surface area (Å²) in [5.41, 5.74) is -1.53. The first-order valence-corrected chi connectivity index (χ1v) is 3.00. The Labute approximate surface area is 62.2 Å². The molecule has 6 heteroatoms. The number of hydrogen-bond donors (Lipinski definition) is 4. The average molecular weight is 160 g/mol. The molecule has 0 bridgehead atoms. The Morgan fingerprint density at radius 3 is 2.00 bits per heavy atom. The highest BCUT2D eigenvalue weighted by Crippen LogP contribution is 2.07. The highest BCUT2D eigenvalue weighted by Gasteiger charge is 2.45. The van der Waals surface area contributed by atoms with Crippen molar-refractivity contribution in [1.29, 1.82) is 0 Å². The molecule has 0 spiro atoms. The van der Waals surface area contributed by atoms with Gasteiger partial charge in [-0.2, -0.15) is 0 Å². The summed E-state index contributed by atoms with van der Waals surface area (Å²) in [6.07, 6.45) is 0. The minimum Gasteiger partial charge on any atom is -0.393 e. The molecule has 1 fully saturated rings. The van der Waals surface area contributed by atoms with E-state index in [4.69, 9.17) is 10.2 Å². The molecule has 1 aliphatic rings. The first kappa shape index (κ1) is 7.96. The smallest absolute Gasteiger partial charge is 0.322 e. The summed E-state index contributed by atoms with van der Waals surface area (Å²) in [6.45, 7) is -1.22. The number of urea groups is 1. The quantitative estimate of drug-likeness (QED) is 0.337. The number of imide groups is 1. The molecule has 1 rings (SSSR count). The number of aliphatic hydroxyl groups is 2. The zero-order valence-corrected chi connectivity index (χ0v) is 5.63. The Balaban J connectivity index is 2.84. The van der Waals surface area contributed by atoms with Crippen LogP contribution in [0, 0.1) is 0 Å². The fourth-order valence-corrected chi connectivity index (χ4v) is 0.801. The molecule has 6 nitrogen and oxygen atoms in total. The molecule has 0 unspecified atom stereocenters. The van der Waals surface area contributed by atoms with E-state index in [1.54, 1.807) is 0 Å². The van der Waals surface area contributed by atoms with Crippen molar-refractivity contribution < 1.29 is 19.8 Å². The van der Waals surface area contributed by atoms with Crippen molar-refractivity contribution in [3.8, 4) is 0 Å². The van der Waals surface area contributed by atoms with Gasteiger partial charge in [-0.3, -0.25) is 10.1 Å². The molecule has 4 N–H and O–H groups in total. The molecule has 3 amide bonds. The summed E-state index contributed by atoms with van der Waals surface area (Å²) in [5.74, 6) is -0.701. The van der Waals surface area contributed by atoms with Crippen LogP contribution in [-0.2, 0) is 4.79 Å². The Bertz CT molecular complexity index is 199. The van der Waals surface area contributed by atoms with Gasteiger partial charge in [0.25, 0.3) is 5.91 Å². The summed E-state index contributed by atoms with van der Waals surface area (Å²) in [7, 11) is 0. The highest BCUT2D eigenvalue weighted by molar-refractivity contribution is 6.07. The molecule has 1 heterocycles. The fourth-order valence-electron chi connectivity index (χ4n) is 0.801. The van der Waals surface area contributed by atoms with Crippen molar-refractivity contribution in [2.24, 2.45) is 0 Å². The number of rotatable bonds is 2. The second kappa shape index (κ2) is 2.48. The van der Waals surface area contributed by atoms with Crippen molar-refractivity contribution >= 4 is 11.9 Å². The maximum atomic E-state index is 10.9. The average Bonchev–Trinajstić information content (AvgIpc) is 2.27. The Kier molecular flexibility index (Phi) is 1.79. The van der Waals surface area contributed by atoms with Crippen molar-refractivity contribution in [2.75, 3.05) is 13.2 Å². The largest absolute Gasteiger partial charge is 0.393 e. The van der Waals surface area contributed by atoms with E-state index in [9.17, 15) is 9.59 Å². The van der Waals surface area contributed by atoms with Gasteiger partial charge in [-0.1, -0.05) is 0 Å². The molecule has 0 radical (unpaired) electrons. The monoisotopic (exact) mass is 160 g/mol. The Hall–Kier alpha value is -1.14. The van der Waals surface area contributed by atoms with Gasteiger partial charge in [-0.15, -0.1) is 0 Å². The third-order valence-corrected chi connectivity index (χ3v) is 1.55. The first-order valence-electron chi connectivity index (χ1n) is 3.00. The fraction of sp³-hybridized carbons (Fsp3) is 0.600. The lowest BCUT2D eigenvalue weighted by Crippen LogP contribution is -2.53. The maximum Gasteiger partial charge on any atom is 0.322 e. The van der Waals surface area contributed by atoms with Gasteiger partial charge in [0.05, 0.1) is 13.2 Å². The van der Waals surface area contributed by atoms with E-state index < -0.39 is 30.7 Å². The van der Waals surface area contributed by atoms with Gasteiger partial charge in [0, 0.05) is 0 Å². The standard InChI is InChI=1S/C5H8N2O4/c8-1-5(2-9)3(10)6-4(11)7-5/h8-9H,1-2H2,(H2,6,7,10,11). The molecule has 0 atom stereocenters. The zero-order chi connectivity index (χ0) is 8.48. The van der Waals surface area contributed by atoms with Crippen LogP contribution in [0.4, 0.5) is 4.79 Å². The van der Waals surface area contributed by atoms with Gasteiger partial charge < -0.3 is 15.5 Å². The lowest BCUT2D eigenvalue weighted by Gasteiger charge is -2.19. The van der Waals surface area contributed by atoms with Crippen LogP contribution < -0.4 is 10.6 Å². The van der Waals surface area contributed by atoms with Crippen molar-refractivity contribution in [2.45, 2.75) is 5.54 Å². The minimum atomic E-state index is -1.53. The first-order chi connectivity index (χ1) is 5.14. The normalized spacial score (nSPS) is 21.3. The Morgan fingerprint density at radius 2 is 1.82 bits per heavy atom. The second-order valence-electron chi connectivity index (χ2n) is 2.31. The number of amides is 3. The van der Waals surface area contributed by atoms with E-state index in [2.05, 4.69) is 5.32 Å². The molecular weight excluding hydrogens is 152 g/mol. The van der Waals surface area contributed by atoms with Crippen LogP contribution in [0.2, 0.25) is 0 Å². The predicted molar refractivity (Wildman–Crippen MR) is 33.6 cm³/mol. The van der Waals surface area contributed by atoms with Crippen molar-refractivity contribution in [1.82, 2.24) is 10.6 Å². The van der Waals surface area contributed by atoms with E-state index >= 15 is 0 Å². The maximum absolute atomic E-state index is 10.9. The van der Waals surface area contributed by atoms with E-state index in [0.29, 0.717) is 0 Å². The van der Waals surface area contributed by atoms with Crippen LogP contribution in [0.5, 0.6) is 0 Å². The van der Waals surface area contributed by atoms with Crippen LogP contribution in [0.3, 0.4) is 0 Å². The highest BCUT2D eigenvalue weighted by atomic mass is 16.3. The molecule has 1 saturated heterocycles. The van der Waals surface area contributed by atoms with Crippen LogP contribution in [0.1, 0.15) is 0 Å². The molecule has 11 heavy (non-hydrogen) atoms. The molecule has 0 aromatic carbocycles. The third kappa shape index (κ3) is 1.06. The van der Waals surface area contributed by atoms with E-state index in [1.807, 2.05) is 5.32 Å². The van der Waals surface area contributed by atoms with Gasteiger partial charge >= 0.3 is 6.03 Å². The topological polar surface area (TPSA) is 98.7 Å². The molecule has 62 valence electrons. The van der Waals surface area contributed by atoms with Crippen LogP contribution >= 0.6 is 0 Å². The summed E-state index contributed by atoms with van der Waals surface area (Å²) in [4.78, 5) is 21.4. The molecule has 0 aromatic rings. The van der Waals surface area contributed by atoms with Crippen molar-refractivity contribution in [3.05, 3.63) is 0 Å². The van der Waals surface area contributed by atoms with Gasteiger partial charge in [0.2, 0.25) is 0 Å². The molecule has 0 aliphatic carbocycles. The predicted octanol–water partition coefficient (Wildman–Crippen LogP) is -2.45. The number of hydrogen-bond acceptors (Lipinski definition) is 4. The SMILES string of the molecule is O=C1NC(=O)C(CO)(CO)N1. The van der Waals surface area contributed by atoms with Gasteiger partial charge in [-0.05, 0) is 0 Å². The number of nitrogens with one attached hydrogen (secondary N) is 2. The summed E-state index contributed by atoms with van der Waals surface area (Å²) >= 11 is 0. The van der Waals surface area contributed by atoms with E-state index in [-0.39, 0.29) is 0 Å². The summed E-state index contributed by atoms with van der Waals surface area (Å²) in [6, 6.07) is -0.696. The summed E-state index contributed by atoms with van der Waals surface area (Å²) in [5, 5.41) is 21.4. The number of aliphatic hydroxyl groups excluding tert-OH is 2. The number of carbonyl (C=O) groups is 2. The zero-order valence-electron chi connectivity index (χ0n) is 5.63. The van der Waals surface area contributed by atoms with E-state index in [1.165, 1.54) is 0 Å². The van der Waals surface area contributed by atoms with Gasteiger partial charge in [-0.25, -0.2) is 4.79 Å². The van der Waals surface area contributed by atoms with Crippen LogP contribution in [-0.4, -0.2) is 40.9 Å². The van der Waals surface area contributed by atoms with Crippen LogP contribution in [0.25, 0.3) is 0 Å². The lowest BCUT2D eigenvalue weighted by atomic mass is 10.0. The van der Waals surface area contributed by atoms with Crippen LogP contribution in [0.15, 0.2) is 0 Å². The van der Waals surface area contributed by atoms with Gasteiger partial charge in [0.1, 0.15) is 0 Å². The second-order valence-corrected chi connectivity index (χ2v) is 2.31. The van der Waals surface area contributed by atoms with Gasteiger partial charge in [0.15, 0.2) is 5.54 Å². The third-order valence-electron chi connectivity index (χ3n) is 1.55. The Morgan fingerprint density at radius 1 is 1.27 bits per heavy atom. The molecule has 0 aromatic heterocycles.